The summed E-state index contributed by atoms with van der Waals surface area (Å²) in [4.78, 5) is 92.5. The van der Waals surface area contributed by atoms with Crippen molar-refractivity contribution in [1.29, 1.82) is 0 Å². The van der Waals surface area contributed by atoms with Gasteiger partial charge >= 0.3 is 24.5 Å². The lowest BCUT2D eigenvalue weighted by Crippen LogP contribution is -2.45. The number of hydrogen-bond donors (Lipinski definition) is 7. The molecule has 5 aliphatic rings. The van der Waals surface area contributed by atoms with E-state index >= 15 is 0 Å². The van der Waals surface area contributed by atoms with Crippen LogP contribution in [-0.4, -0.2) is 128 Å². The minimum absolute atomic E-state index is 0.00120. The van der Waals surface area contributed by atoms with Crippen molar-refractivity contribution >= 4 is 109 Å². The van der Waals surface area contributed by atoms with E-state index in [0.29, 0.717) is 86.6 Å². The predicted molar refractivity (Wildman–Crippen MR) is 449 cm³/mol. The molecule has 0 spiro atoms. The number of nitrogens with zero attached hydrogens (tertiary/aromatic N) is 15. The van der Waals surface area contributed by atoms with Gasteiger partial charge in [-0.15, -0.1) is 0 Å². The highest BCUT2D eigenvalue weighted by Gasteiger charge is 2.64. The van der Waals surface area contributed by atoms with E-state index < -0.39 is 107 Å². The molecule has 12 heterocycles. The number of imidazole rings is 1. The number of carboxylic acids is 1. The first-order valence-electron chi connectivity index (χ1n) is 40.3. The van der Waals surface area contributed by atoms with E-state index in [4.69, 9.17) is 39.7 Å². The summed E-state index contributed by atoms with van der Waals surface area (Å²) in [7, 11) is 0. The first-order valence-corrected chi connectivity index (χ1v) is 41.1. The number of benzene rings is 3. The van der Waals surface area contributed by atoms with Gasteiger partial charge in [0.2, 0.25) is 17.7 Å². The molecule has 0 saturated heterocycles. The minimum atomic E-state index is -5.16. The molecule has 3 amide bonds. The van der Waals surface area contributed by atoms with E-state index in [1.54, 1.807) is 47.4 Å². The zero-order valence-corrected chi connectivity index (χ0v) is 69.5. The third-order valence-electron chi connectivity index (χ3n) is 23.1. The van der Waals surface area contributed by atoms with Gasteiger partial charge in [0.1, 0.15) is 69.4 Å². The molecule has 3 fully saturated rings. The van der Waals surface area contributed by atoms with E-state index in [0.717, 1.165) is 84.3 Å². The highest BCUT2D eigenvalue weighted by Crippen LogP contribution is 2.52. The quantitative estimate of drug-likeness (QED) is 0.0329. The van der Waals surface area contributed by atoms with Crippen molar-refractivity contribution in [1.82, 2.24) is 73.8 Å². The summed E-state index contributed by atoms with van der Waals surface area (Å²) >= 11 is 12.1. The molecule has 0 bridgehead atoms. The molecule has 40 heteroatoms. The Bertz CT molecular complexity index is 6390. The Morgan fingerprint density at radius 1 is 0.646 bits per heavy atom. The van der Waals surface area contributed by atoms with E-state index in [1.807, 2.05) is 55.7 Å². The number of carbonyl (C=O) groups is 4. The summed E-state index contributed by atoms with van der Waals surface area (Å²) in [6, 6.07) is 30.3. The van der Waals surface area contributed by atoms with Crippen LogP contribution >= 0.6 is 23.2 Å². The molecule has 127 heavy (non-hydrogen) atoms. The maximum absolute atomic E-state index is 14.3. The molecule has 2 aliphatic heterocycles. The van der Waals surface area contributed by atoms with E-state index in [1.165, 1.54) is 74.3 Å². The molecule has 3 aliphatic carbocycles. The lowest BCUT2D eigenvalue weighted by Gasteiger charge is -2.26. The molecule has 18 rings (SSSR count). The number of pyridine rings is 4. The predicted octanol–water partition coefficient (Wildman–Crippen LogP) is 18.5. The number of nitrogens with one attached hydrogen (secondary N) is 4. The molecule has 13 aromatic rings. The second-order valence-corrected chi connectivity index (χ2v) is 33.1. The Labute approximate surface area is 725 Å². The molecule has 660 valence electrons. The topological polar surface area (TPSA) is 358 Å². The van der Waals surface area contributed by atoms with Crippen molar-refractivity contribution < 1.29 is 77.0 Å². The van der Waals surface area contributed by atoms with Gasteiger partial charge in [-0.1, -0.05) is 98.3 Å². The number of amides is 3. The number of anilines is 6. The van der Waals surface area contributed by atoms with Crippen LogP contribution in [0.4, 0.5) is 87.5 Å². The Morgan fingerprint density at radius 2 is 1.28 bits per heavy atom. The molecule has 1 unspecified atom stereocenters. The monoisotopic (exact) mass is 1800 g/mol. The average Bonchev–Trinajstić information content (AvgIpc) is 1.56. The summed E-state index contributed by atoms with van der Waals surface area (Å²) in [5.74, 6) is -6.08. The van der Waals surface area contributed by atoms with Crippen LogP contribution < -0.4 is 32.7 Å². The van der Waals surface area contributed by atoms with Gasteiger partial charge in [-0.25, -0.2) is 67.4 Å². The summed E-state index contributed by atoms with van der Waals surface area (Å²) in [5.41, 5.74) is 13.5. The van der Waals surface area contributed by atoms with Crippen LogP contribution in [0.2, 0.25) is 10.0 Å². The van der Waals surface area contributed by atoms with Gasteiger partial charge < -0.3 is 42.2 Å². The number of carbonyl (C=O) groups excluding carboxylic acids is 3. The number of halogens is 14. The Hall–Kier alpha value is -13.0. The van der Waals surface area contributed by atoms with Crippen LogP contribution in [0.15, 0.2) is 146 Å². The fourth-order valence-electron chi connectivity index (χ4n) is 15.9. The third kappa shape index (κ3) is 19.0. The van der Waals surface area contributed by atoms with Gasteiger partial charge in [-0.05, 0) is 154 Å². The first kappa shape index (κ1) is 88.8. The summed E-state index contributed by atoms with van der Waals surface area (Å²) in [6.45, 7) is 4.27. The summed E-state index contributed by atoms with van der Waals surface area (Å²) < 4.78 is 169. The van der Waals surface area contributed by atoms with Crippen LogP contribution in [-0.2, 0) is 49.5 Å². The average molecular weight is 1800 g/mol. The van der Waals surface area contributed by atoms with E-state index in [-0.39, 0.29) is 81.8 Å². The van der Waals surface area contributed by atoms with Crippen LogP contribution in [0, 0.1) is 35.2 Å². The van der Waals surface area contributed by atoms with Gasteiger partial charge in [0.25, 0.3) is 0 Å². The van der Waals surface area contributed by atoms with Crippen LogP contribution in [0.3, 0.4) is 0 Å². The van der Waals surface area contributed by atoms with E-state index in [2.05, 4.69) is 75.4 Å². The SMILES string of the molecule is CC1(C(F)(F)F)C(=O)Nc2nc(-c3nn(Cc4ncccc4F)c4ncc(F)cc34)nc(NCCC(F)(F)F)c21.CC1(C)C(=O)Nc2nc(-c3nc(CC4CCCC4)n4ccccc34)nc(N)c21.C[C@H]([C@H](C(=O)Nc1cc([C@@H](CC(=O)O)C2CC2)ccc1Cl)c1ccc(Cl)cc1)C(F)(F)F.Nc1nc(-c2nn(Cc3ccccc3F)c3ncccc23)ncc1C1CC1. The highest BCUT2D eigenvalue weighted by atomic mass is 35.5. The molecule has 0 radical (unpaired) electrons. The molecule has 3 saturated carbocycles. The zero-order chi connectivity index (χ0) is 90.5. The van der Waals surface area contributed by atoms with Gasteiger partial charge in [-0.3, -0.25) is 24.2 Å². The number of aromatic nitrogens is 15. The Balaban J connectivity index is 0.000000132. The summed E-state index contributed by atoms with van der Waals surface area (Å²) in [5, 5.41) is 29.0. The summed E-state index contributed by atoms with van der Waals surface area (Å²) in [6.07, 6.45) is 1.97. The molecule has 10 aromatic heterocycles. The normalized spacial score (nSPS) is 16.7. The van der Waals surface area contributed by atoms with Crippen molar-refractivity contribution in [3.63, 3.8) is 0 Å². The molecular formula is C87H79Cl2F12N21O5. The second-order valence-electron chi connectivity index (χ2n) is 32.3. The number of aliphatic carboxylic acids is 1. The number of fused-ring (bicyclic) bond motifs is 5. The standard InChI is InChI=1S/C23H22Cl2F3NO3.C23H16F8N8O.C21H24N6O.C20H17FN6/c1-12(23(26,27)28)21(14-4-7-16(24)8-5-14)22(32)29-19-10-15(6-9-18(19)25)17(11-20(30)31)13-2-3-13;1-21(23(29,30)31)14-16(33-6-4-22(26,27)28)35-18(36-17(14)37-20(21)40)15-11-7-10(24)8-34-19(11)39(38-15)9-13-12(25)3-2-5-32-13;1-21(2)15-17(22)24-19(25-18(15)26-20(21)28)16-13-9-5-6-10-27(13)14(23-16)11-12-7-3-4-8-12;21-16-6-2-1-4-13(16)11-27-20-14(5-3-9-23-20)17(26-27)19-24-10-15(12-7-8-12)18(22)25-19/h4-10,12-13,17,21H,2-3,11H2,1H3,(H,29,32)(H,30,31);2-3,5,7-8H,4,6,9H2,1H3,(H2,33,35,36,37,40);5-6,9-10,12H,3-4,7-8,11H2,1-2H3,(H3,22,24,25,26,28);1-6,9-10,12H,7-8,11H2,(H2,22,24,25)/t12-,17+,21+;;;/m1.../s1. The van der Waals surface area contributed by atoms with Gasteiger partial charge in [0, 0.05) is 53.9 Å². The number of nitrogen functional groups attached to an aromatic ring is 2. The molecule has 3 aromatic carbocycles. The van der Waals surface area contributed by atoms with Crippen LogP contribution in [0.1, 0.15) is 155 Å². The number of nitrogens with two attached hydrogens (primary N) is 2. The largest absolute Gasteiger partial charge is 0.481 e. The fourth-order valence-corrected chi connectivity index (χ4v) is 16.2. The van der Waals surface area contributed by atoms with E-state index in [9.17, 15) is 77.0 Å². The van der Waals surface area contributed by atoms with Crippen molar-refractivity contribution in [2.75, 3.05) is 39.3 Å². The number of alkyl halides is 9. The Morgan fingerprint density at radius 3 is 1.95 bits per heavy atom. The molecule has 9 N–H and O–H groups in total. The van der Waals surface area contributed by atoms with Gasteiger partial charge in [-0.2, -0.15) is 49.7 Å². The van der Waals surface area contributed by atoms with Crippen molar-refractivity contribution in [3.8, 4) is 34.6 Å². The van der Waals surface area contributed by atoms with Crippen molar-refractivity contribution in [2.45, 2.75) is 159 Å². The highest BCUT2D eigenvalue weighted by molar-refractivity contribution is 6.34. The molecule has 26 nitrogen and oxygen atoms in total. The van der Waals surface area contributed by atoms with Crippen molar-refractivity contribution in [3.05, 3.63) is 219 Å². The maximum Gasteiger partial charge on any atom is 0.407 e. The van der Waals surface area contributed by atoms with Crippen LogP contribution in [0.25, 0.3) is 62.1 Å². The minimum Gasteiger partial charge on any atom is -0.481 e. The molecule has 4 atom stereocenters. The third-order valence-corrected chi connectivity index (χ3v) is 23.6. The van der Waals surface area contributed by atoms with Gasteiger partial charge in [0.05, 0.1) is 93.2 Å². The smallest absolute Gasteiger partial charge is 0.407 e. The van der Waals surface area contributed by atoms with Crippen LogP contribution in [0.5, 0.6) is 0 Å². The number of hydrogen-bond acceptors (Lipinski definition) is 19. The maximum atomic E-state index is 14.3. The zero-order valence-electron chi connectivity index (χ0n) is 68.0. The lowest BCUT2D eigenvalue weighted by atomic mass is 9.83. The first-order chi connectivity index (χ1) is 60.3. The van der Waals surface area contributed by atoms with Gasteiger partial charge in [0.15, 0.2) is 34.2 Å². The Kier molecular flexibility index (Phi) is 24.8. The number of rotatable bonds is 21. The van der Waals surface area contributed by atoms with Crippen molar-refractivity contribution in [2.24, 2.45) is 17.8 Å². The number of carboxylic acid groups (broad SMARTS) is 1. The second kappa shape index (κ2) is 35.4. The lowest BCUT2D eigenvalue weighted by molar-refractivity contribution is -0.186. The fraction of sp³-hybridized carbons (Fsp3) is 0.333. The molecular weight excluding hydrogens is 1720 g/mol.